The van der Waals surface area contributed by atoms with Crippen LogP contribution < -0.4 is 21.1 Å². The highest BCUT2D eigenvalue weighted by Gasteiger charge is 2.33. The smallest absolute Gasteiger partial charge is 0.433 e. The first-order valence-electron chi connectivity index (χ1n) is 12.5. The van der Waals surface area contributed by atoms with Gasteiger partial charge in [-0.05, 0) is 49.6 Å². The van der Waals surface area contributed by atoms with E-state index in [-0.39, 0.29) is 28.6 Å². The minimum atomic E-state index is -4.63. The summed E-state index contributed by atoms with van der Waals surface area (Å²) in [5, 5.41) is 6.35. The minimum absolute atomic E-state index is 0.00966. The zero-order chi connectivity index (χ0) is 28.3. The number of carbonyl (C=O) groups is 1. The first-order chi connectivity index (χ1) is 18.5. The van der Waals surface area contributed by atoms with Crippen LogP contribution in [0, 0.1) is 0 Å². The number of pyridine rings is 1. The number of nitrogens with one attached hydrogen (secondary N) is 2. The van der Waals surface area contributed by atoms with Crippen molar-refractivity contribution in [2.24, 2.45) is 5.73 Å². The van der Waals surface area contributed by atoms with E-state index in [2.05, 4.69) is 39.0 Å². The van der Waals surface area contributed by atoms with Gasteiger partial charge in [0.25, 0.3) is 5.91 Å². The number of alkyl halides is 3. The van der Waals surface area contributed by atoms with E-state index in [1.54, 1.807) is 19.2 Å². The Bertz CT molecular complexity index is 1410. The second kappa shape index (κ2) is 11.4. The largest absolute Gasteiger partial charge is 0.494 e. The second-order valence-electron chi connectivity index (χ2n) is 9.25. The van der Waals surface area contributed by atoms with Gasteiger partial charge in [0.1, 0.15) is 17.0 Å². The Morgan fingerprint density at radius 3 is 2.74 bits per heavy atom. The normalized spacial score (nSPS) is 15.6. The number of halogens is 3. The number of methoxy groups -OCH3 is 1. The first kappa shape index (κ1) is 28.0. The molecular weight excluding hydrogens is 513 g/mol. The van der Waals surface area contributed by atoms with Gasteiger partial charge >= 0.3 is 6.18 Å². The van der Waals surface area contributed by atoms with Gasteiger partial charge in [0.15, 0.2) is 11.5 Å². The third kappa shape index (κ3) is 6.00. The van der Waals surface area contributed by atoms with Crippen LogP contribution in [0.4, 0.5) is 13.2 Å². The molecule has 3 aromatic rings. The number of amides is 1. The predicted octanol–water partition coefficient (Wildman–Crippen LogP) is 4.73. The number of oxazole rings is 1. The molecule has 1 amide bonds. The summed E-state index contributed by atoms with van der Waals surface area (Å²) in [6, 6.07) is 4.53. The average Bonchev–Trinajstić information content (AvgIpc) is 3.57. The number of nitrogens with two attached hydrogens (primary N) is 1. The number of fused-ring (bicyclic) bond motifs is 1. The summed E-state index contributed by atoms with van der Waals surface area (Å²) in [6.45, 7) is 10.0. The molecule has 3 heterocycles. The Hall–Kier alpha value is -4.06. The van der Waals surface area contributed by atoms with Gasteiger partial charge in [-0.25, -0.2) is 9.97 Å². The van der Waals surface area contributed by atoms with Gasteiger partial charge in [-0.3, -0.25) is 4.79 Å². The Labute approximate surface area is 223 Å². The molecule has 0 aliphatic carbocycles. The minimum Gasteiger partial charge on any atom is -0.494 e. The molecule has 208 valence electrons. The van der Waals surface area contributed by atoms with Crippen LogP contribution in [0.3, 0.4) is 0 Å². The molecule has 0 radical (unpaired) electrons. The van der Waals surface area contributed by atoms with Gasteiger partial charge in [0.05, 0.1) is 19.0 Å². The van der Waals surface area contributed by atoms with Crippen molar-refractivity contribution in [1.82, 2.24) is 25.5 Å². The SMILES string of the molecule is C=C(NCCC)N1CC/C(=C\NC(=O)c2nc(-c3ccc(OC)c4nc(C(F)(F)F)ccc34)oc2[C@H](C)N)C1. The van der Waals surface area contributed by atoms with E-state index in [0.717, 1.165) is 43.4 Å². The molecule has 12 heteroatoms. The number of hydrogen-bond donors (Lipinski definition) is 3. The standard InChI is InChI=1S/C27H31F3N6O3/c1-5-11-32-16(3)36-12-10-17(14-36)13-33-25(37)23-24(15(2)31)39-26(35-23)19-6-8-20(38-4)22-18(19)7-9-21(34-22)27(28,29)30/h6-9,13,15,32H,3,5,10-12,14,31H2,1-2,4H3,(H,33,37)/b17-13+/t15-/m0/s1. The number of benzene rings is 1. The van der Waals surface area contributed by atoms with Crippen LogP contribution in [0.15, 0.2) is 52.9 Å². The van der Waals surface area contributed by atoms with E-state index >= 15 is 0 Å². The Morgan fingerprint density at radius 2 is 2.08 bits per heavy atom. The maximum absolute atomic E-state index is 13.3. The van der Waals surface area contributed by atoms with Crippen molar-refractivity contribution in [3.05, 3.63) is 65.6 Å². The lowest BCUT2D eigenvalue weighted by Crippen LogP contribution is -2.29. The number of ether oxygens (including phenoxy) is 1. The molecule has 1 aromatic carbocycles. The highest BCUT2D eigenvalue weighted by molar-refractivity contribution is 5.98. The van der Waals surface area contributed by atoms with Crippen LogP contribution in [-0.2, 0) is 6.18 Å². The molecule has 4 rings (SSSR count). The number of rotatable bonds is 9. The van der Waals surface area contributed by atoms with Crippen molar-refractivity contribution in [3.63, 3.8) is 0 Å². The lowest BCUT2D eigenvalue weighted by atomic mass is 10.1. The average molecular weight is 545 g/mol. The van der Waals surface area contributed by atoms with Crippen LogP contribution in [0.1, 0.15) is 54.7 Å². The summed E-state index contributed by atoms with van der Waals surface area (Å²) in [5.41, 5.74) is 6.35. The molecule has 0 bridgehead atoms. The third-order valence-electron chi connectivity index (χ3n) is 6.31. The summed E-state index contributed by atoms with van der Waals surface area (Å²) < 4.78 is 51.0. The molecule has 1 atom stereocenters. The fraction of sp³-hybridized carbons (Fsp3) is 0.370. The van der Waals surface area contributed by atoms with E-state index in [1.165, 1.54) is 19.2 Å². The van der Waals surface area contributed by atoms with Gasteiger partial charge in [-0.1, -0.05) is 13.5 Å². The molecule has 39 heavy (non-hydrogen) atoms. The maximum atomic E-state index is 13.3. The molecule has 0 unspecified atom stereocenters. The van der Waals surface area contributed by atoms with Crippen molar-refractivity contribution in [1.29, 1.82) is 0 Å². The molecule has 1 aliphatic rings. The van der Waals surface area contributed by atoms with E-state index in [0.29, 0.717) is 17.5 Å². The lowest BCUT2D eigenvalue weighted by Gasteiger charge is -2.21. The quantitative estimate of drug-likeness (QED) is 0.354. The number of carbonyl (C=O) groups excluding carboxylic acids is 1. The fourth-order valence-corrected chi connectivity index (χ4v) is 4.27. The summed E-state index contributed by atoms with van der Waals surface area (Å²) in [7, 11) is 1.34. The Balaban J connectivity index is 1.62. The lowest BCUT2D eigenvalue weighted by molar-refractivity contribution is -0.140. The van der Waals surface area contributed by atoms with Crippen molar-refractivity contribution >= 4 is 16.8 Å². The molecule has 2 aromatic heterocycles. The molecule has 9 nitrogen and oxygen atoms in total. The summed E-state index contributed by atoms with van der Waals surface area (Å²) in [6.07, 6.45) is -1.22. The molecule has 1 aliphatic heterocycles. The van der Waals surface area contributed by atoms with E-state index in [9.17, 15) is 18.0 Å². The molecule has 4 N–H and O–H groups in total. The summed E-state index contributed by atoms with van der Waals surface area (Å²) >= 11 is 0. The van der Waals surface area contributed by atoms with Crippen LogP contribution in [0.2, 0.25) is 0 Å². The Morgan fingerprint density at radius 1 is 1.31 bits per heavy atom. The van der Waals surface area contributed by atoms with Crippen molar-refractivity contribution in [2.45, 2.75) is 38.9 Å². The topological polar surface area (TPSA) is 119 Å². The van der Waals surface area contributed by atoms with Crippen LogP contribution in [0.25, 0.3) is 22.4 Å². The molecule has 0 saturated carbocycles. The van der Waals surface area contributed by atoms with Gasteiger partial charge in [0, 0.05) is 36.8 Å². The van der Waals surface area contributed by atoms with Gasteiger partial charge in [-0.2, -0.15) is 13.2 Å². The fourth-order valence-electron chi connectivity index (χ4n) is 4.27. The van der Waals surface area contributed by atoms with Crippen molar-refractivity contribution in [2.75, 3.05) is 26.7 Å². The Kier molecular flexibility index (Phi) is 8.14. The highest BCUT2D eigenvalue weighted by Crippen LogP contribution is 2.37. The molecule has 1 fully saturated rings. The van der Waals surface area contributed by atoms with E-state index < -0.39 is 23.8 Å². The summed E-state index contributed by atoms with van der Waals surface area (Å²) in [4.78, 5) is 23.4. The molecular formula is C27H31F3N6O3. The number of aromatic nitrogens is 2. The van der Waals surface area contributed by atoms with Gasteiger partial charge in [-0.15, -0.1) is 0 Å². The van der Waals surface area contributed by atoms with Crippen LogP contribution in [-0.4, -0.2) is 47.5 Å². The van der Waals surface area contributed by atoms with Gasteiger partial charge in [0.2, 0.25) is 5.89 Å². The number of nitrogens with zero attached hydrogens (tertiary/aromatic N) is 3. The maximum Gasteiger partial charge on any atom is 0.433 e. The third-order valence-corrected chi connectivity index (χ3v) is 6.31. The van der Waals surface area contributed by atoms with E-state index in [4.69, 9.17) is 14.9 Å². The first-order valence-corrected chi connectivity index (χ1v) is 12.5. The highest BCUT2D eigenvalue weighted by atomic mass is 19.4. The monoisotopic (exact) mass is 544 g/mol. The zero-order valence-electron chi connectivity index (χ0n) is 22.0. The molecule has 0 spiro atoms. The molecule has 1 saturated heterocycles. The van der Waals surface area contributed by atoms with E-state index in [1.807, 2.05) is 0 Å². The number of likely N-dealkylation sites (tertiary alicyclic amines) is 1. The second-order valence-corrected chi connectivity index (χ2v) is 9.25. The number of hydrogen-bond acceptors (Lipinski definition) is 8. The van der Waals surface area contributed by atoms with Crippen molar-refractivity contribution < 1.29 is 27.1 Å². The van der Waals surface area contributed by atoms with Gasteiger partial charge < -0.3 is 30.4 Å². The van der Waals surface area contributed by atoms with Crippen LogP contribution in [0.5, 0.6) is 5.75 Å². The van der Waals surface area contributed by atoms with Crippen LogP contribution >= 0.6 is 0 Å². The summed E-state index contributed by atoms with van der Waals surface area (Å²) in [5.74, 6) is 0.660. The predicted molar refractivity (Wildman–Crippen MR) is 141 cm³/mol. The van der Waals surface area contributed by atoms with Crippen molar-refractivity contribution in [3.8, 4) is 17.2 Å². The zero-order valence-corrected chi connectivity index (χ0v) is 22.0.